The summed E-state index contributed by atoms with van der Waals surface area (Å²) in [6.45, 7) is 2.35. The van der Waals surface area contributed by atoms with E-state index >= 15 is 0 Å². The van der Waals surface area contributed by atoms with Crippen LogP contribution in [0.1, 0.15) is 11.4 Å². The van der Waals surface area contributed by atoms with Crippen molar-refractivity contribution in [2.75, 3.05) is 13.7 Å². The summed E-state index contributed by atoms with van der Waals surface area (Å²) < 4.78 is 14.6. The summed E-state index contributed by atoms with van der Waals surface area (Å²) >= 11 is 1.11. The van der Waals surface area contributed by atoms with Gasteiger partial charge in [-0.15, -0.1) is 0 Å². The second-order valence-corrected chi connectivity index (χ2v) is 4.74. The minimum absolute atomic E-state index is 0.0188. The molecule has 20 heavy (non-hydrogen) atoms. The number of non-ortho nitro benzene ring substituents is 1. The number of benzene rings is 1. The Balaban J connectivity index is 2.14. The van der Waals surface area contributed by atoms with Gasteiger partial charge in [0, 0.05) is 31.1 Å². The van der Waals surface area contributed by atoms with Crippen molar-refractivity contribution in [3.8, 4) is 10.9 Å². The van der Waals surface area contributed by atoms with Crippen molar-refractivity contribution in [3.05, 3.63) is 39.7 Å². The van der Waals surface area contributed by atoms with Gasteiger partial charge in [-0.05, 0) is 18.6 Å². The first kappa shape index (κ1) is 14.4. The van der Waals surface area contributed by atoms with Crippen molar-refractivity contribution in [3.63, 3.8) is 0 Å². The lowest BCUT2D eigenvalue weighted by atomic mass is 10.2. The third-order valence-electron chi connectivity index (χ3n) is 2.56. The number of aryl methyl sites for hydroxylation is 1. The topological polar surface area (TPSA) is 87.4 Å². The number of rotatable bonds is 6. The van der Waals surface area contributed by atoms with E-state index in [1.807, 2.05) is 6.92 Å². The van der Waals surface area contributed by atoms with E-state index in [9.17, 15) is 10.1 Å². The van der Waals surface area contributed by atoms with Gasteiger partial charge in [0.2, 0.25) is 0 Å². The number of nitrogens with zero attached hydrogens (tertiary/aromatic N) is 3. The van der Waals surface area contributed by atoms with Crippen molar-refractivity contribution < 1.29 is 14.4 Å². The molecule has 0 spiro atoms. The molecule has 0 N–H and O–H groups in total. The lowest BCUT2D eigenvalue weighted by Crippen LogP contribution is -1.96. The molecule has 0 bridgehead atoms. The molecule has 0 radical (unpaired) electrons. The van der Waals surface area contributed by atoms with E-state index in [-0.39, 0.29) is 5.69 Å². The number of nitro groups is 1. The van der Waals surface area contributed by atoms with Crippen LogP contribution < -0.4 is 4.74 Å². The number of nitro benzene ring substituents is 1. The summed E-state index contributed by atoms with van der Waals surface area (Å²) in [6.07, 6.45) is 0.601. The standard InChI is InChI=1S/C12H13N3O4S/c1-8-3-4-9(15(16)17)7-10(8)19-12-13-11(14-20-12)5-6-18-2/h3-4,7H,5-6H2,1-2H3. The molecule has 0 unspecified atom stereocenters. The normalized spacial score (nSPS) is 10.5. The highest BCUT2D eigenvalue weighted by molar-refractivity contribution is 7.07. The number of ether oxygens (including phenoxy) is 2. The first-order valence-corrected chi connectivity index (χ1v) is 6.62. The minimum atomic E-state index is -0.462. The van der Waals surface area contributed by atoms with Crippen molar-refractivity contribution >= 4 is 17.2 Å². The Kier molecular flexibility index (Phi) is 4.59. The lowest BCUT2D eigenvalue weighted by Gasteiger charge is -2.04. The Morgan fingerprint density at radius 1 is 1.45 bits per heavy atom. The summed E-state index contributed by atoms with van der Waals surface area (Å²) in [5.41, 5.74) is 0.777. The molecule has 1 heterocycles. The van der Waals surface area contributed by atoms with Crippen molar-refractivity contribution in [1.29, 1.82) is 0 Å². The van der Waals surface area contributed by atoms with E-state index in [0.717, 1.165) is 17.1 Å². The molecule has 0 aliphatic carbocycles. The fourth-order valence-corrected chi connectivity index (χ4v) is 2.07. The minimum Gasteiger partial charge on any atom is -0.429 e. The fraction of sp³-hybridized carbons (Fsp3) is 0.333. The zero-order valence-electron chi connectivity index (χ0n) is 11.0. The highest BCUT2D eigenvalue weighted by Gasteiger charge is 2.12. The van der Waals surface area contributed by atoms with Crippen LogP contribution in [0.3, 0.4) is 0 Å². The first-order valence-electron chi connectivity index (χ1n) is 5.84. The molecule has 0 aliphatic rings. The van der Waals surface area contributed by atoms with Gasteiger partial charge >= 0.3 is 0 Å². The van der Waals surface area contributed by atoms with Gasteiger partial charge in [-0.2, -0.15) is 9.36 Å². The van der Waals surface area contributed by atoms with E-state index in [1.165, 1.54) is 12.1 Å². The zero-order valence-corrected chi connectivity index (χ0v) is 11.8. The molecule has 0 amide bonds. The number of methoxy groups -OCH3 is 1. The van der Waals surface area contributed by atoms with Gasteiger partial charge in [0.15, 0.2) is 0 Å². The van der Waals surface area contributed by atoms with Crippen LogP contribution in [0, 0.1) is 17.0 Å². The Hall–Kier alpha value is -2.06. The number of aromatic nitrogens is 2. The Bertz CT molecular complexity index is 614. The van der Waals surface area contributed by atoms with E-state index in [4.69, 9.17) is 9.47 Å². The van der Waals surface area contributed by atoms with Crippen molar-refractivity contribution in [2.24, 2.45) is 0 Å². The van der Waals surface area contributed by atoms with Crippen LogP contribution in [0.15, 0.2) is 18.2 Å². The average Bonchev–Trinajstić information content (AvgIpc) is 2.86. The van der Waals surface area contributed by atoms with Crippen LogP contribution in [0.4, 0.5) is 5.69 Å². The molecule has 2 aromatic rings. The summed E-state index contributed by atoms with van der Waals surface area (Å²) in [7, 11) is 1.61. The third-order valence-corrected chi connectivity index (χ3v) is 3.19. The van der Waals surface area contributed by atoms with Crippen LogP contribution in [0.25, 0.3) is 0 Å². The SMILES string of the molecule is COCCc1nsc(Oc2cc([N+](=O)[O-])ccc2C)n1. The van der Waals surface area contributed by atoms with Gasteiger partial charge < -0.3 is 9.47 Å². The van der Waals surface area contributed by atoms with Crippen LogP contribution >= 0.6 is 11.5 Å². The van der Waals surface area contributed by atoms with E-state index in [0.29, 0.717) is 29.8 Å². The maximum atomic E-state index is 10.7. The van der Waals surface area contributed by atoms with Crippen LogP contribution in [-0.2, 0) is 11.2 Å². The van der Waals surface area contributed by atoms with Crippen molar-refractivity contribution in [1.82, 2.24) is 9.36 Å². The molecular formula is C12H13N3O4S. The molecule has 0 saturated carbocycles. The molecule has 0 saturated heterocycles. The predicted octanol–water partition coefficient (Wildman–Crippen LogP) is 2.74. The van der Waals surface area contributed by atoms with Crippen LogP contribution in [0.5, 0.6) is 10.9 Å². The van der Waals surface area contributed by atoms with Crippen LogP contribution in [-0.4, -0.2) is 28.0 Å². The second kappa shape index (κ2) is 6.40. The fourth-order valence-electron chi connectivity index (χ4n) is 1.48. The number of hydrogen-bond acceptors (Lipinski definition) is 7. The second-order valence-electron chi connectivity index (χ2n) is 4.03. The highest BCUT2D eigenvalue weighted by atomic mass is 32.1. The lowest BCUT2D eigenvalue weighted by molar-refractivity contribution is -0.384. The summed E-state index contributed by atoms with van der Waals surface area (Å²) in [4.78, 5) is 14.5. The van der Waals surface area contributed by atoms with E-state index in [2.05, 4.69) is 9.36 Å². The molecule has 2 rings (SSSR count). The van der Waals surface area contributed by atoms with Gasteiger partial charge in [-0.3, -0.25) is 10.1 Å². The van der Waals surface area contributed by atoms with Gasteiger partial charge in [0.05, 0.1) is 17.6 Å². The molecule has 0 aliphatic heterocycles. The Morgan fingerprint density at radius 3 is 2.95 bits per heavy atom. The van der Waals surface area contributed by atoms with Crippen molar-refractivity contribution in [2.45, 2.75) is 13.3 Å². The molecule has 8 heteroatoms. The van der Waals surface area contributed by atoms with E-state index < -0.39 is 4.92 Å². The molecular weight excluding hydrogens is 282 g/mol. The smallest absolute Gasteiger partial charge is 0.298 e. The maximum absolute atomic E-state index is 10.7. The molecule has 106 valence electrons. The Morgan fingerprint density at radius 2 is 2.25 bits per heavy atom. The van der Waals surface area contributed by atoms with Gasteiger partial charge in [-0.25, -0.2) is 0 Å². The first-order chi connectivity index (χ1) is 9.60. The van der Waals surface area contributed by atoms with Gasteiger partial charge in [0.25, 0.3) is 10.9 Å². The largest absolute Gasteiger partial charge is 0.429 e. The van der Waals surface area contributed by atoms with E-state index in [1.54, 1.807) is 13.2 Å². The van der Waals surface area contributed by atoms with Gasteiger partial charge in [0.1, 0.15) is 11.6 Å². The van der Waals surface area contributed by atoms with Gasteiger partial charge in [-0.1, -0.05) is 0 Å². The summed E-state index contributed by atoms with van der Waals surface area (Å²) in [5, 5.41) is 11.1. The van der Waals surface area contributed by atoms with Crippen LogP contribution in [0.2, 0.25) is 0 Å². The average molecular weight is 295 g/mol. The summed E-state index contributed by atoms with van der Waals surface area (Å²) in [6, 6.07) is 4.46. The predicted molar refractivity (Wildman–Crippen MR) is 73.4 cm³/mol. The highest BCUT2D eigenvalue weighted by Crippen LogP contribution is 2.29. The maximum Gasteiger partial charge on any atom is 0.298 e. The number of hydrogen-bond donors (Lipinski definition) is 0. The molecule has 0 atom stereocenters. The quantitative estimate of drug-likeness (QED) is 0.601. The molecule has 1 aromatic heterocycles. The Labute approximate surface area is 119 Å². The molecule has 7 nitrogen and oxygen atoms in total. The molecule has 0 fully saturated rings. The monoisotopic (exact) mass is 295 g/mol. The third kappa shape index (κ3) is 3.49. The zero-order chi connectivity index (χ0) is 14.5. The molecule has 1 aromatic carbocycles. The summed E-state index contributed by atoms with van der Waals surface area (Å²) in [5.74, 6) is 1.04.